The largest absolute Gasteiger partial charge is 0.480 e. The van der Waals surface area contributed by atoms with Crippen LogP contribution in [0.25, 0.3) is 0 Å². The predicted molar refractivity (Wildman–Crippen MR) is 119 cm³/mol. The van der Waals surface area contributed by atoms with E-state index in [0.717, 1.165) is 5.56 Å². The summed E-state index contributed by atoms with van der Waals surface area (Å²) in [6.07, 6.45) is 0.509. The van der Waals surface area contributed by atoms with E-state index in [4.69, 9.17) is 9.47 Å². The van der Waals surface area contributed by atoms with Crippen molar-refractivity contribution in [3.63, 3.8) is 0 Å². The van der Waals surface area contributed by atoms with Crippen LogP contribution < -0.4 is 10.6 Å². The molecule has 2 rings (SSSR count). The molecule has 1 aromatic rings. The topological polar surface area (TPSA) is 134 Å². The van der Waals surface area contributed by atoms with Gasteiger partial charge in [0.15, 0.2) is 0 Å². The Morgan fingerprint density at radius 2 is 1.85 bits per heavy atom. The number of nitrogens with zero attached hydrogens (tertiary/aromatic N) is 1. The minimum absolute atomic E-state index is 0.0243. The molecule has 0 radical (unpaired) electrons. The van der Waals surface area contributed by atoms with Crippen LogP contribution >= 0.6 is 0 Å². The monoisotopic (exact) mass is 461 g/mol. The van der Waals surface area contributed by atoms with Crippen LogP contribution in [-0.4, -0.2) is 64.3 Å². The van der Waals surface area contributed by atoms with E-state index < -0.39 is 47.8 Å². The third-order valence-electron chi connectivity index (χ3n) is 4.89. The van der Waals surface area contributed by atoms with Crippen molar-refractivity contribution in [2.24, 2.45) is 0 Å². The van der Waals surface area contributed by atoms with Crippen LogP contribution in [0.1, 0.15) is 39.2 Å². The van der Waals surface area contributed by atoms with Crippen LogP contribution in [0.4, 0.5) is 9.59 Å². The number of alkyl carbamates (subject to hydrolysis) is 2. The molecule has 0 aliphatic carbocycles. The summed E-state index contributed by atoms with van der Waals surface area (Å²) in [4.78, 5) is 50.6. The molecule has 10 heteroatoms. The highest BCUT2D eigenvalue weighted by Crippen LogP contribution is 2.26. The van der Waals surface area contributed by atoms with Gasteiger partial charge in [-0.1, -0.05) is 36.4 Å². The van der Waals surface area contributed by atoms with Gasteiger partial charge in [0, 0.05) is 0 Å². The van der Waals surface area contributed by atoms with Gasteiger partial charge >= 0.3 is 18.2 Å². The maximum absolute atomic E-state index is 13.3. The Morgan fingerprint density at radius 3 is 2.42 bits per heavy atom. The number of likely N-dealkylation sites (tertiary alicyclic amines) is 1. The van der Waals surface area contributed by atoms with E-state index >= 15 is 0 Å². The van der Waals surface area contributed by atoms with E-state index in [1.54, 1.807) is 45.0 Å². The second-order valence-corrected chi connectivity index (χ2v) is 8.62. The van der Waals surface area contributed by atoms with Gasteiger partial charge in [0.25, 0.3) is 0 Å². The van der Waals surface area contributed by atoms with Crippen LogP contribution in [0.15, 0.2) is 43.0 Å². The number of carbonyl (C=O) groups excluding carboxylic acids is 3. The Bertz CT molecular complexity index is 867. The molecule has 1 fully saturated rings. The molecule has 0 bridgehead atoms. The number of amides is 3. The Morgan fingerprint density at radius 1 is 1.18 bits per heavy atom. The maximum atomic E-state index is 13.3. The Balaban J connectivity index is 2.10. The molecule has 1 aliphatic rings. The molecular weight excluding hydrogens is 430 g/mol. The van der Waals surface area contributed by atoms with E-state index in [0.29, 0.717) is 6.42 Å². The highest BCUT2D eigenvalue weighted by molar-refractivity contribution is 5.90. The molecule has 0 saturated carbocycles. The van der Waals surface area contributed by atoms with Gasteiger partial charge < -0.3 is 30.1 Å². The fourth-order valence-corrected chi connectivity index (χ4v) is 3.42. The van der Waals surface area contributed by atoms with E-state index in [1.165, 1.54) is 11.0 Å². The number of benzene rings is 1. The van der Waals surface area contributed by atoms with Gasteiger partial charge in [-0.2, -0.15) is 0 Å². The van der Waals surface area contributed by atoms with Gasteiger partial charge in [0.1, 0.15) is 24.3 Å². The van der Waals surface area contributed by atoms with Crippen LogP contribution in [0, 0.1) is 0 Å². The molecule has 0 unspecified atom stereocenters. The SMILES string of the molecule is C=C[C@H]1CC[C@@H](C(=O)O)N1C(=O)[C@H](CNC(=O)OCc1ccccc1)NC(=O)OC(C)(C)C. The lowest BCUT2D eigenvalue weighted by Gasteiger charge is -2.31. The smallest absolute Gasteiger partial charge is 0.408 e. The van der Waals surface area contributed by atoms with Gasteiger partial charge in [-0.15, -0.1) is 6.58 Å². The average Bonchev–Trinajstić information content (AvgIpc) is 3.18. The first-order valence-corrected chi connectivity index (χ1v) is 10.6. The summed E-state index contributed by atoms with van der Waals surface area (Å²) in [7, 11) is 0. The Hall–Kier alpha value is -3.56. The van der Waals surface area contributed by atoms with Gasteiger partial charge in [0.2, 0.25) is 5.91 Å². The number of rotatable bonds is 8. The van der Waals surface area contributed by atoms with Crippen molar-refractivity contribution in [1.29, 1.82) is 0 Å². The molecule has 3 amide bonds. The first-order valence-electron chi connectivity index (χ1n) is 10.6. The fourth-order valence-electron chi connectivity index (χ4n) is 3.42. The first kappa shape index (κ1) is 25.7. The molecule has 3 N–H and O–H groups in total. The molecule has 1 saturated heterocycles. The molecule has 0 aromatic heterocycles. The van der Waals surface area contributed by atoms with Crippen LogP contribution in [0.5, 0.6) is 0 Å². The van der Waals surface area contributed by atoms with Gasteiger partial charge in [-0.3, -0.25) is 4.79 Å². The van der Waals surface area contributed by atoms with Crippen molar-refractivity contribution in [2.75, 3.05) is 6.54 Å². The second-order valence-electron chi connectivity index (χ2n) is 8.62. The number of nitrogens with one attached hydrogen (secondary N) is 2. The zero-order chi connectivity index (χ0) is 24.6. The van der Waals surface area contributed by atoms with Gasteiger partial charge in [-0.05, 0) is 39.2 Å². The normalized spacial score (nSPS) is 18.7. The van der Waals surface area contributed by atoms with Crippen molar-refractivity contribution in [3.05, 3.63) is 48.6 Å². The number of hydrogen-bond donors (Lipinski definition) is 3. The maximum Gasteiger partial charge on any atom is 0.408 e. The van der Waals surface area contributed by atoms with E-state index in [1.807, 2.05) is 6.07 Å². The number of hydrogen-bond acceptors (Lipinski definition) is 6. The summed E-state index contributed by atoms with van der Waals surface area (Å²) in [5.74, 6) is -1.82. The fraction of sp³-hybridized carbons (Fsp3) is 0.478. The lowest BCUT2D eigenvalue weighted by atomic mass is 10.2. The zero-order valence-corrected chi connectivity index (χ0v) is 19.1. The van der Waals surface area contributed by atoms with Crippen molar-refractivity contribution < 1.29 is 33.8 Å². The number of carboxylic acid groups (broad SMARTS) is 1. The summed E-state index contributed by atoms with van der Waals surface area (Å²) in [6.45, 7) is 8.37. The summed E-state index contributed by atoms with van der Waals surface area (Å²) in [5, 5.41) is 14.4. The predicted octanol–water partition coefficient (Wildman–Crippen LogP) is 2.44. The van der Waals surface area contributed by atoms with Crippen LogP contribution in [-0.2, 0) is 25.7 Å². The van der Waals surface area contributed by atoms with Crippen molar-refractivity contribution in [1.82, 2.24) is 15.5 Å². The average molecular weight is 462 g/mol. The van der Waals surface area contributed by atoms with Crippen molar-refractivity contribution in [2.45, 2.75) is 63.9 Å². The molecule has 33 heavy (non-hydrogen) atoms. The highest BCUT2D eigenvalue weighted by atomic mass is 16.6. The standard InChI is InChI=1S/C23H31N3O7/c1-5-16-11-12-18(20(28)29)26(16)19(27)17(25-22(31)33-23(2,3)4)13-24-21(30)32-14-15-9-7-6-8-10-15/h5-10,16-18H,1,11-14H2,2-4H3,(H,24,30)(H,25,31)(H,28,29)/t16-,17-,18-/m0/s1. The zero-order valence-electron chi connectivity index (χ0n) is 19.1. The quantitative estimate of drug-likeness (QED) is 0.506. The van der Waals surface area contributed by atoms with E-state index in [-0.39, 0.29) is 19.6 Å². The van der Waals surface area contributed by atoms with Crippen molar-refractivity contribution in [3.8, 4) is 0 Å². The van der Waals surface area contributed by atoms with Crippen molar-refractivity contribution >= 4 is 24.1 Å². The molecule has 0 spiro atoms. The summed E-state index contributed by atoms with van der Waals surface area (Å²) >= 11 is 0. The first-order chi connectivity index (χ1) is 15.5. The Kier molecular flexibility index (Phi) is 8.84. The number of carboxylic acids is 1. The molecule has 1 heterocycles. The lowest BCUT2D eigenvalue weighted by molar-refractivity contribution is -0.149. The van der Waals surface area contributed by atoms with Crippen LogP contribution in [0.2, 0.25) is 0 Å². The second kappa shape index (κ2) is 11.3. The molecule has 1 aromatic carbocycles. The number of ether oxygens (including phenoxy) is 2. The Labute approximate surface area is 192 Å². The lowest BCUT2D eigenvalue weighted by Crippen LogP contribution is -2.57. The van der Waals surface area contributed by atoms with E-state index in [2.05, 4.69) is 17.2 Å². The molecule has 180 valence electrons. The molecule has 3 atom stereocenters. The highest BCUT2D eigenvalue weighted by Gasteiger charge is 2.42. The molecule has 1 aliphatic heterocycles. The molecule has 10 nitrogen and oxygen atoms in total. The van der Waals surface area contributed by atoms with E-state index in [9.17, 15) is 24.3 Å². The third-order valence-corrected chi connectivity index (χ3v) is 4.89. The van der Waals surface area contributed by atoms with Gasteiger partial charge in [0.05, 0.1) is 12.6 Å². The third kappa shape index (κ3) is 7.81. The summed E-state index contributed by atoms with van der Waals surface area (Å²) in [5.41, 5.74) is -0.0389. The minimum atomic E-state index is -1.27. The molecular formula is C23H31N3O7. The summed E-state index contributed by atoms with van der Waals surface area (Å²) in [6, 6.07) is 6.19. The summed E-state index contributed by atoms with van der Waals surface area (Å²) < 4.78 is 10.4. The number of carbonyl (C=O) groups is 4. The number of aliphatic carboxylic acids is 1. The minimum Gasteiger partial charge on any atom is -0.480 e. The van der Waals surface area contributed by atoms with Crippen LogP contribution in [0.3, 0.4) is 0 Å². The van der Waals surface area contributed by atoms with Gasteiger partial charge in [-0.25, -0.2) is 14.4 Å².